The summed E-state index contributed by atoms with van der Waals surface area (Å²) in [4.78, 5) is 41.9. The van der Waals surface area contributed by atoms with Crippen LogP contribution in [0.4, 0.5) is 10.7 Å². The Morgan fingerprint density at radius 3 is 2.43 bits per heavy atom. The highest BCUT2D eigenvalue weighted by atomic mass is 32.2. The molecule has 3 N–H and O–H groups in total. The Morgan fingerprint density at radius 2 is 1.76 bits per heavy atom. The van der Waals surface area contributed by atoms with Crippen LogP contribution in [0.1, 0.15) is 66.0 Å². The number of amides is 3. The second kappa shape index (κ2) is 15.6. The predicted molar refractivity (Wildman–Crippen MR) is 198 cm³/mol. The normalized spacial score (nSPS) is 14.9. The van der Waals surface area contributed by atoms with Crippen molar-refractivity contribution in [2.75, 3.05) is 17.7 Å². The average Bonchev–Trinajstić information content (AvgIpc) is 3.44. The molecule has 1 aliphatic carbocycles. The Morgan fingerprint density at radius 1 is 1.02 bits per heavy atom. The Bertz CT molecular complexity index is 1900. The van der Waals surface area contributed by atoms with Crippen LogP contribution in [-0.2, 0) is 22.4 Å². The zero-order valence-electron chi connectivity index (χ0n) is 28.3. The third-order valence-corrected chi connectivity index (χ3v) is 10.8. The fraction of sp³-hybridized carbons (Fsp3) is 0.282. The Labute approximate surface area is 296 Å². The molecular formula is C39H40N4O4S2. The number of thiophene rings is 1. The van der Waals surface area contributed by atoms with Crippen molar-refractivity contribution in [3.05, 3.63) is 112 Å². The molecule has 0 radical (unpaired) electrons. The van der Waals surface area contributed by atoms with Crippen molar-refractivity contribution >= 4 is 57.6 Å². The number of carbonyl (C=O) groups is 3. The van der Waals surface area contributed by atoms with Crippen LogP contribution in [0.25, 0.3) is 6.08 Å². The molecule has 1 aliphatic rings. The van der Waals surface area contributed by atoms with E-state index in [1.165, 1.54) is 28.0 Å². The number of nitriles is 1. The van der Waals surface area contributed by atoms with Gasteiger partial charge in [0.25, 0.3) is 11.8 Å². The average molecular weight is 693 g/mol. The van der Waals surface area contributed by atoms with Crippen molar-refractivity contribution < 1.29 is 19.1 Å². The number of nitrogens with one attached hydrogen (secondary N) is 3. The van der Waals surface area contributed by atoms with Crippen molar-refractivity contribution in [1.82, 2.24) is 5.32 Å². The molecule has 0 bridgehead atoms. The molecule has 2 unspecified atom stereocenters. The van der Waals surface area contributed by atoms with E-state index in [4.69, 9.17) is 4.74 Å². The number of fused-ring (bicyclic) bond motifs is 1. The van der Waals surface area contributed by atoms with Gasteiger partial charge in [-0.2, -0.15) is 5.26 Å². The first kappa shape index (κ1) is 35.5. The van der Waals surface area contributed by atoms with E-state index in [9.17, 15) is 19.6 Å². The first-order valence-electron chi connectivity index (χ1n) is 16.1. The van der Waals surface area contributed by atoms with Crippen LogP contribution in [-0.4, -0.2) is 30.1 Å². The molecule has 1 heterocycles. The zero-order chi connectivity index (χ0) is 35.1. The first-order valence-corrected chi connectivity index (χ1v) is 17.8. The van der Waals surface area contributed by atoms with Gasteiger partial charge in [-0.15, -0.1) is 23.1 Å². The molecule has 5 rings (SSSR count). The number of hydrogen-bond donors (Lipinski definition) is 3. The number of anilines is 2. The van der Waals surface area contributed by atoms with Gasteiger partial charge in [0.1, 0.15) is 22.5 Å². The van der Waals surface area contributed by atoms with Crippen LogP contribution >= 0.6 is 23.1 Å². The lowest BCUT2D eigenvalue weighted by atomic mass is 9.72. The van der Waals surface area contributed by atoms with E-state index in [0.29, 0.717) is 39.0 Å². The number of nitrogens with zero attached hydrogens (tertiary/aromatic N) is 1. The number of ether oxygens (including phenoxy) is 1. The molecule has 4 aromatic rings. The minimum Gasteiger partial charge on any atom is -0.497 e. The highest BCUT2D eigenvalue weighted by molar-refractivity contribution is 8.00. The van der Waals surface area contributed by atoms with Crippen molar-refractivity contribution in [2.24, 2.45) is 11.3 Å². The molecule has 3 amide bonds. The maximum Gasteiger partial charge on any atom is 0.272 e. The Kier molecular flexibility index (Phi) is 11.3. The van der Waals surface area contributed by atoms with Gasteiger partial charge in [-0.3, -0.25) is 14.4 Å². The van der Waals surface area contributed by atoms with Crippen LogP contribution < -0.4 is 20.7 Å². The maximum absolute atomic E-state index is 13.6. The van der Waals surface area contributed by atoms with Crippen LogP contribution in [0.5, 0.6) is 5.75 Å². The molecule has 0 saturated heterocycles. The van der Waals surface area contributed by atoms with E-state index < -0.39 is 17.1 Å². The second-order valence-corrected chi connectivity index (χ2v) is 15.5. The lowest BCUT2D eigenvalue weighted by molar-refractivity contribution is -0.115. The first-order chi connectivity index (χ1) is 23.4. The van der Waals surface area contributed by atoms with E-state index in [1.807, 2.05) is 19.1 Å². The van der Waals surface area contributed by atoms with Gasteiger partial charge in [0, 0.05) is 21.0 Å². The third kappa shape index (κ3) is 8.99. The minimum absolute atomic E-state index is 0.0607. The van der Waals surface area contributed by atoms with Gasteiger partial charge in [-0.05, 0) is 97.2 Å². The number of methoxy groups -OCH3 is 1. The van der Waals surface area contributed by atoms with Gasteiger partial charge in [0.2, 0.25) is 5.91 Å². The number of rotatable bonds is 10. The molecule has 0 saturated carbocycles. The fourth-order valence-electron chi connectivity index (χ4n) is 5.66. The maximum atomic E-state index is 13.6. The summed E-state index contributed by atoms with van der Waals surface area (Å²) in [6, 6.07) is 25.3. The zero-order valence-corrected chi connectivity index (χ0v) is 29.9. The van der Waals surface area contributed by atoms with E-state index in [0.717, 1.165) is 29.7 Å². The topological polar surface area (TPSA) is 120 Å². The van der Waals surface area contributed by atoms with Crippen LogP contribution in [0, 0.1) is 22.7 Å². The standard InChI is InChI=1S/C39H40N4O4S2/c1-24(35(44)43-38-32(23-40)31-19-16-27(39(2,3)4)21-34(31)49-38)48-30-13-9-12-28(22-30)41-37(46)33(20-25-14-17-29(47-5)18-15-25)42-36(45)26-10-7-6-8-11-26/h6-15,17-18,20,22,24,27H,16,19,21H2,1-5H3,(H,41,46)(H,42,45)(H,43,44)/b33-20+. The summed E-state index contributed by atoms with van der Waals surface area (Å²) in [5.74, 6) is 0.0792. The summed E-state index contributed by atoms with van der Waals surface area (Å²) < 4.78 is 5.24. The Hall–Kier alpha value is -4.85. The molecule has 8 nitrogen and oxygen atoms in total. The van der Waals surface area contributed by atoms with Crippen molar-refractivity contribution in [2.45, 2.75) is 57.1 Å². The molecule has 49 heavy (non-hydrogen) atoms. The fourth-order valence-corrected chi connectivity index (χ4v) is 7.86. The van der Waals surface area contributed by atoms with E-state index >= 15 is 0 Å². The van der Waals surface area contributed by atoms with Crippen molar-refractivity contribution in [3.8, 4) is 11.8 Å². The summed E-state index contributed by atoms with van der Waals surface area (Å²) in [7, 11) is 1.57. The third-order valence-electron chi connectivity index (χ3n) is 8.57. The largest absolute Gasteiger partial charge is 0.497 e. The van der Waals surface area contributed by atoms with Crippen LogP contribution in [0.2, 0.25) is 0 Å². The van der Waals surface area contributed by atoms with Crippen molar-refractivity contribution in [3.63, 3.8) is 0 Å². The summed E-state index contributed by atoms with van der Waals surface area (Å²) in [6.45, 7) is 8.58. The van der Waals surface area contributed by atoms with Gasteiger partial charge in [0.15, 0.2) is 0 Å². The lowest BCUT2D eigenvalue weighted by Gasteiger charge is -2.33. The van der Waals surface area contributed by atoms with Crippen LogP contribution in [0.3, 0.4) is 0 Å². The Balaban J connectivity index is 1.28. The van der Waals surface area contributed by atoms with E-state index in [-0.39, 0.29) is 17.0 Å². The molecule has 10 heteroatoms. The number of benzene rings is 3. The van der Waals surface area contributed by atoms with Gasteiger partial charge in [-0.25, -0.2) is 0 Å². The van der Waals surface area contributed by atoms with Crippen molar-refractivity contribution in [1.29, 1.82) is 5.26 Å². The summed E-state index contributed by atoms with van der Waals surface area (Å²) >= 11 is 2.87. The monoisotopic (exact) mass is 692 g/mol. The molecule has 2 atom stereocenters. The van der Waals surface area contributed by atoms with E-state index in [1.54, 1.807) is 79.9 Å². The molecule has 252 valence electrons. The molecule has 0 aliphatic heterocycles. The molecule has 3 aromatic carbocycles. The quantitative estimate of drug-likeness (QED) is 0.114. The molecule has 0 spiro atoms. The van der Waals surface area contributed by atoms with E-state index in [2.05, 4.69) is 42.8 Å². The number of hydrogen-bond acceptors (Lipinski definition) is 7. The van der Waals surface area contributed by atoms with Gasteiger partial charge in [-0.1, -0.05) is 57.2 Å². The second-order valence-electron chi connectivity index (χ2n) is 13.0. The molecular weight excluding hydrogens is 653 g/mol. The highest BCUT2D eigenvalue weighted by Crippen LogP contribution is 2.44. The highest BCUT2D eigenvalue weighted by Gasteiger charge is 2.32. The summed E-state index contributed by atoms with van der Waals surface area (Å²) in [6.07, 6.45) is 4.40. The lowest BCUT2D eigenvalue weighted by Crippen LogP contribution is -2.30. The van der Waals surface area contributed by atoms with Crippen LogP contribution in [0.15, 0.2) is 89.5 Å². The SMILES string of the molecule is COc1ccc(/C=C(/NC(=O)c2ccccc2)C(=O)Nc2cccc(SC(C)C(=O)Nc3sc4c(c3C#N)CCC(C(C)(C)C)C4)c2)cc1. The summed E-state index contributed by atoms with van der Waals surface area (Å²) in [5.41, 5.74) is 3.52. The number of carbonyl (C=O) groups excluding carboxylic acids is 3. The number of thioether (sulfide) groups is 1. The minimum atomic E-state index is -0.507. The summed E-state index contributed by atoms with van der Waals surface area (Å²) in [5, 5.41) is 18.8. The molecule has 1 aromatic heterocycles. The molecule has 0 fully saturated rings. The smallest absolute Gasteiger partial charge is 0.272 e. The van der Waals surface area contributed by atoms with Gasteiger partial charge in [0.05, 0.1) is 17.9 Å². The predicted octanol–water partition coefficient (Wildman–Crippen LogP) is 8.31. The van der Waals surface area contributed by atoms with Gasteiger partial charge < -0.3 is 20.7 Å². The van der Waals surface area contributed by atoms with Gasteiger partial charge >= 0.3 is 0 Å².